The molecule has 2 aliphatic rings. The summed E-state index contributed by atoms with van der Waals surface area (Å²) in [4.78, 5) is 1.62. The van der Waals surface area contributed by atoms with Crippen molar-refractivity contribution in [1.29, 1.82) is 0 Å². The number of hydrogen-bond acceptors (Lipinski definition) is 13. The van der Waals surface area contributed by atoms with Crippen LogP contribution < -0.4 is 10.5 Å². The molecule has 332 valence electrons. The number of aryl methyl sites for hydroxylation is 2. The Morgan fingerprint density at radius 2 is 1.08 bits per heavy atom. The Hall–Kier alpha value is -4.03. The second kappa shape index (κ2) is 19.8. The number of benzene rings is 3. The fourth-order valence-electron chi connectivity index (χ4n) is 6.40. The summed E-state index contributed by atoms with van der Waals surface area (Å²) in [5, 5.41) is 16.5. The highest BCUT2D eigenvalue weighted by Crippen LogP contribution is 2.35. The van der Waals surface area contributed by atoms with E-state index in [0.717, 1.165) is 60.1 Å². The number of halogens is 4. The highest BCUT2D eigenvalue weighted by atomic mass is 35.5. The molecule has 0 radical (unpaired) electrons. The fraction of sp³-hybridized carbons (Fsp3) is 0.333. The molecule has 0 aliphatic carbocycles. The van der Waals surface area contributed by atoms with Gasteiger partial charge in [-0.05, 0) is 130 Å². The number of nitrogens with zero attached hydrogens (tertiary/aromatic N) is 6. The van der Waals surface area contributed by atoms with E-state index < -0.39 is 51.7 Å². The van der Waals surface area contributed by atoms with Gasteiger partial charge in [0.1, 0.15) is 20.8 Å². The minimum Gasteiger partial charge on any atom is -0.382 e. The number of piperidine rings is 2. The van der Waals surface area contributed by atoms with Crippen LogP contribution in [0.3, 0.4) is 0 Å². The third-order valence-electron chi connectivity index (χ3n) is 9.67. The van der Waals surface area contributed by atoms with Crippen LogP contribution in [0.1, 0.15) is 55.2 Å². The van der Waals surface area contributed by atoms with Crippen LogP contribution in [-0.2, 0) is 36.2 Å². The van der Waals surface area contributed by atoms with E-state index in [0.29, 0.717) is 64.5 Å². The molecule has 0 spiro atoms. The number of sulfonamides is 3. The molecule has 2 aliphatic heterocycles. The number of aromatic nitrogens is 4. The molecule has 2 aromatic heterocycles. The Kier molecular flexibility index (Phi) is 15.1. The van der Waals surface area contributed by atoms with Gasteiger partial charge in [-0.25, -0.2) is 25.3 Å². The molecule has 14 nitrogen and oxygen atoms in total. The molecule has 0 unspecified atom stereocenters. The lowest BCUT2D eigenvalue weighted by Crippen LogP contribution is -2.35. The first-order valence-electron chi connectivity index (χ1n) is 19.1. The molecule has 7 rings (SSSR count). The Labute approximate surface area is 372 Å². The fourth-order valence-corrected chi connectivity index (χ4v) is 12.6. The third kappa shape index (κ3) is 11.8. The predicted molar refractivity (Wildman–Crippen MR) is 232 cm³/mol. The van der Waals surface area contributed by atoms with E-state index in [-0.39, 0.29) is 10.7 Å². The van der Waals surface area contributed by atoms with Gasteiger partial charge in [0, 0.05) is 36.0 Å². The zero-order valence-corrected chi connectivity index (χ0v) is 38.2. The molecule has 2 saturated heterocycles. The molecule has 2 fully saturated rings. The van der Waals surface area contributed by atoms with Gasteiger partial charge in [-0.3, -0.25) is 4.72 Å². The van der Waals surface area contributed by atoms with Gasteiger partial charge in [0.05, 0.1) is 20.4 Å². The number of hydrogen-bond donors (Lipinski definition) is 2. The lowest BCUT2D eigenvalue weighted by molar-refractivity contribution is -0.137. The molecular weight excluding hydrogens is 929 g/mol. The molecule has 0 amide bonds. The minimum absolute atomic E-state index is 0.147. The highest BCUT2D eigenvalue weighted by molar-refractivity contribution is 7.99. The van der Waals surface area contributed by atoms with Crippen LogP contribution in [0.5, 0.6) is 0 Å². The number of anilines is 2. The molecule has 0 saturated carbocycles. The van der Waals surface area contributed by atoms with E-state index in [9.17, 15) is 38.4 Å². The molecule has 0 bridgehead atoms. The first-order chi connectivity index (χ1) is 29.2. The van der Waals surface area contributed by atoms with Gasteiger partial charge in [0.25, 0.3) is 10.0 Å². The van der Waals surface area contributed by atoms with Gasteiger partial charge in [0.2, 0.25) is 20.0 Å². The summed E-state index contributed by atoms with van der Waals surface area (Å²) in [5.41, 5.74) is 6.04. The van der Waals surface area contributed by atoms with Gasteiger partial charge in [0.15, 0.2) is 5.82 Å². The highest BCUT2D eigenvalue weighted by Gasteiger charge is 2.32. The summed E-state index contributed by atoms with van der Waals surface area (Å²) < 4.78 is 120. The van der Waals surface area contributed by atoms with Crippen molar-refractivity contribution in [3.05, 3.63) is 101 Å². The maximum absolute atomic E-state index is 12.9. The van der Waals surface area contributed by atoms with Crippen molar-refractivity contribution >= 4 is 76.8 Å². The van der Waals surface area contributed by atoms with Crippen LogP contribution in [0.25, 0.3) is 0 Å². The Morgan fingerprint density at radius 3 is 1.50 bits per heavy atom. The van der Waals surface area contributed by atoms with E-state index in [4.69, 9.17) is 17.3 Å². The zero-order chi connectivity index (χ0) is 44.9. The maximum Gasteiger partial charge on any atom is 0.416 e. The third-order valence-corrected chi connectivity index (χ3v) is 17.5. The molecule has 4 heterocycles. The van der Waals surface area contributed by atoms with Gasteiger partial charge in [-0.2, -0.15) is 21.8 Å². The standard InChI is InChI=1S/C23H22ClF3N4O4S3.C16H20N4O2S2/c1-15-13-21(30-37(32,33)20-10-5-16(14-19(20)24)23(25,26)27)28-29-22(15)36-17-6-8-18(9-7-17)38(34,35)31-11-3-2-4-12-31;1-12-11-15(17)18-19-16(12)23-13-5-7-14(8-6-13)24(21,22)20-9-3-2-4-10-20/h5-10,13-14H,2-4,11-12H2,1H3,(H,28,30);5-8,11H,2-4,9-10H2,1H3,(H2,17,18). The van der Waals surface area contributed by atoms with E-state index >= 15 is 0 Å². The van der Waals surface area contributed by atoms with E-state index in [2.05, 4.69) is 25.1 Å². The van der Waals surface area contributed by atoms with Gasteiger partial charge < -0.3 is 5.73 Å². The first-order valence-corrected chi connectivity index (χ1v) is 25.5. The summed E-state index contributed by atoms with van der Waals surface area (Å²) in [6.07, 6.45) is 1.000. The average molecular weight is 972 g/mol. The van der Waals surface area contributed by atoms with Crippen LogP contribution in [0.4, 0.5) is 24.8 Å². The van der Waals surface area contributed by atoms with Crippen molar-refractivity contribution in [3.8, 4) is 0 Å². The van der Waals surface area contributed by atoms with Crippen LogP contribution in [0.15, 0.2) is 113 Å². The number of nitrogens with one attached hydrogen (secondary N) is 1. The average Bonchev–Trinajstić information content (AvgIpc) is 3.23. The quantitative estimate of drug-likeness (QED) is 0.128. The molecule has 62 heavy (non-hydrogen) atoms. The molecule has 23 heteroatoms. The van der Waals surface area contributed by atoms with Crippen LogP contribution >= 0.6 is 35.1 Å². The number of alkyl halides is 3. The van der Waals surface area contributed by atoms with Crippen molar-refractivity contribution in [2.75, 3.05) is 36.6 Å². The summed E-state index contributed by atoms with van der Waals surface area (Å²) in [7, 11) is -11.3. The van der Waals surface area contributed by atoms with Crippen molar-refractivity contribution in [2.45, 2.75) is 93.1 Å². The first kappa shape index (κ1) is 47.4. The number of nitrogens with two attached hydrogens (primary N) is 1. The van der Waals surface area contributed by atoms with E-state index in [1.807, 2.05) is 6.92 Å². The lowest BCUT2D eigenvalue weighted by Gasteiger charge is -2.25. The Bertz CT molecular complexity index is 2720. The van der Waals surface area contributed by atoms with Crippen molar-refractivity contribution in [1.82, 2.24) is 29.0 Å². The van der Waals surface area contributed by atoms with E-state index in [1.165, 1.54) is 46.0 Å². The smallest absolute Gasteiger partial charge is 0.382 e. The molecule has 3 N–H and O–H groups in total. The van der Waals surface area contributed by atoms with Crippen molar-refractivity contribution in [2.24, 2.45) is 0 Å². The summed E-state index contributed by atoms with van der Waals surface area (Å²) in [6, 6.07) is 18.4. The lowest BCUT2D eigenvalue weighted by atomic mass is 10.2. The number of rotatable bonds is 11. The Balaban J connectivity index is 0.000000229. The molecular formula is C39H42ClF3N8O6S5. The number of nitrogen functional groups attached to an aromatic ring is 1. The van der Waals surface area contributed by atoms with Gasteiger partial charge >= 0.3 is 6.18 Å². The van der Waals surface area contributed by atoms with Gasteiger partial charge in [-0.1, -0.05) is 48.0 Å². The van der Waals surface area contributed by atoms with Crippen LogP contribution in [0.2, 0.25) is 5.02 Å². The summed E-state index contributed by atoms with van der Waals surface area (Å²) in [5.74, 6) is 0.241. The zero-order valence-electron chi connectivity index (χ0n) is 33.3. The second-order valence-corrected chi connectivity index (χ2v) is 22.4. The predicted octanol–water partition coefficient (Wildman–Crippen LogP) is 8.28. The summed E-state index contributed by atoms with van der Waals surface area (Å²) >= 11 is 8.47. The second-order valence-electron chi connectivity index (χ2n) is 14.3. The van der Waals surface area contributed by atoms with E-state index in [1.54, 1.807) is 53.7 Å². The van der Waals surface area contributed by atoms with Gasteiger partial charge in [-0.15, -0.1) is 20.4 Å². The molecule has 3 aromatic carbocycles. The summed E-state index contributed by atoms with van der Waals surface area (Å²) in [6.45, 7) is 5.83. The van der Waals surface area contributed by atoms with Crippen LogP contribution in [-0.4, -0.2) is 80.4 Å². The topological polar surface area (TPSA) is 199 Å². The SMILES string of the molecule is Cc1cc(N)nnc1Sc1ccc(S(=O)(=O)N2CCCCC2)cc1.Cc1cc(NS(=O)(=O)c2ccc(C(F)(F)F)cc2Cl)nnc1Sc1ccc(S(=O)(=O)N2CCCCC2)cc1. The minimum atomic E-state index is -4.67. The monoisotopic (exact) mass is 970 g/mol. The van der Waals surface area contributed by atoms with Crippen LogP contribution in [0, 0.1) is 13.8 Å². The normalized spacial score (nSPS) is 15.7. The largest absolute Gasteiger partial charge is 0.416 e. The Morgan fingerprint density at radius 1 is 0.629 bits per heavy atom. The molecule has 0 atom stereocenters. The molecule has 5 aromatic rings. The van der Waals surface area contributed by atoms with Crippen molar-refractivity contribution in [3.63, 3.8) is 0 Å². The van der Waals surface area contributed by atoms with Crippen molar-refractivity contribution < 1.29 is 38.4 Å². The maximum atomic E-state index is 12.9.